The van der Waals surface area contributed by atoms with Crippen molar-refractivity contribution in [3.8, 4) is 10.6 Å². The maximum absolute atomic E-state index is 13.4. The fourth-order valence-electron chi connectivity index (χ4n) is 3.36. The molecule has 2 aromatic carbocycles. The summed E-state index contributed by atoms with van der Waals surface area (Å²) in [5, 5.41) is 0.878. The number of guanidine groups is 1. The summed E-state index contributed by atoms with van der Waals surface area (Å²) in [6.07, 6.45) is 1.77. The molecule has 0 saturated carbocycles. The molecule has 0 amide bonds. The van der Waals surface area contributed by atoms with Crippen LogP contribution in [-0.4, -0.2) is 41.4 Å². The zero-order chi connectivity index (χ0) is 21.3. The van der Waals surface area contributed by atoms with E-state index in [1.54, 1.807) is 6.20 Å². The van der Waals surface area contributed by atoms with Crippen LogP contribution < -0.4 is 0 Å². The molecular weight excluding hydrogens is 392 g/mol. The zero-order valence-electron chi connectivity index (χ0n) is 17.4. The summed E-state index contributed by atoms with van der Waals surface area (Å²) in [5.74, 6) is 0.566. The average molecular weight is 415 g/mol. The van der Waals surface area contributed by atoms with Crippen molar-refractivity contribution in [2.75, 3.05) is 14.1 Å². The van der Waals surface area contributed by atoms with E-state index in [1.807, 2.05) is 87.4 Å². The molecule has 0 bridgehead atoms. The topological polar surface area (TPSA) is 57.9 Å². The van der Waals surface area contributed by atoms with Gasteiger partial charge in [0.1, 0.15) is 16.4 Å². The number of ketones is 1. The number of aromatic nitrogens is 1. The van der Waals surface area contributed by atoms with E-state index in [9.17, 15) is 4.79 Å². The highest BCUT2D eigenvalue weighted by Crippen LogP contribution is 2.39. The van der Waals surface area contributed by atoms with Crippen molar-refractivity contribution in [3.63, 3.8) is 0 Å². The van der Waals surface area contributed by atoms with E-state index >= 15 is 0 Å². The minimum atomic E-state index is -0.0310. The highest BCUT2D eigenvalue weighted by atomic mass is 32.1. The molecule has 0 unspecified atom stereocenters. The van der Waals surface area contributed by atoms with Crippen LogP contribution in [-0.2, 0) is 0 Å². The molecular formula is C24H22N4OS. The van der Waals surface area contributed by atoms with Crippen LogP contribution in [0.3, 0.4) is 0 Å². The van der Waals surface area contributed by atoms with Crippen molar-refractivity contribution in [2.45, 2.75) is 13.8 Å². The van der Waals surface area contributed by atoms with Gasteiger partial charge in [-0.15, -0.1) is 11.3 Å². The summed E-state index contributed by atoms with van der Waals surface area (Å²) < 4.78 is 0. The third kappa shape index (κ3) is 3.29. The Morgan fingerprint density at radius 1 is 0.867 bits per heavy atom. The van der Waals surface area contributed by atoms with Gasteiger partial charge in [-0.05, 0) is 0 Å². The van der Waals surface area contributed by atoms with Gasteiger partial charge in [0.15, 0.2) is 5.78 Å². The standard InChI is InChI=1S/C22H16N4OS.C2H6/c1-26(2)22-24-18-14-10-6-7-11-15(14)20(27)17(19(18)25-22)16-12-23-21(28-16)13-8-4-3-5-9-13;1-2/h3-12H,1-2H3;1-2H3. The van der Waals surface area contributed by atoms with E-state index in [2.05, 4.69) is 9.98 Å². The van der Waals surface area contributed by atoms with Crippen molar-refractivity contribution in [3.05, 3.63) is 82.5 Å². The normalized spacial score (nSPS) is 14.3. The highest BCUT2D eigenvalue weighted by molar-refractivity contribution is 7.16. The number of aliphatic imine (C=N–C) groups is 2. The molecule has 1 aromatic heterocycles. The summed E-state index contributed by atoms with van der Waals surface area (Å²) >= 11 is 1.50. The minimum Gasteiger partial charge on any atom is -0.347 e. The molecule has 5 rings (SSSR count). The maximum atomic E-state index is 13.4. The van der Waals surface area contributed by atoms with Gasteiger partial charge in [-0.1, -0.05) is 68.4 Å². The molecule has 6 heteroatoms. The lowest BCUT2D eigenvalue weighted by molar-refractivity contribution is 0.105. The van der Waals surface area contributed by atoms with E-state index in [0.29, 0.717) is 22.8 Å². The molecule has 5 nitrogen and oxygen atoms in total. The largest absolute Gasteiger partial charge is 0.347 e. The van der Waals surface area contributed by atoms with Crippen LogP contribution >= 0.6 is 11.3 Å². The quantitative estimate of drug-likeness (QED) is 0.582. The number of rotatable bonds is 2. The summed E-state index contributed by atoms with van der Waals surface area (Å²) in [6, 6.07) is 17.6. The highest BCUT2D eigenvalue weighted by Gasteiger charge is 2.35. The van der Waals surface area contributed by atoms with Gasteiger partial charge >= 0.3 is 0 Å². The predicted molar refractivity (Wildman–Crippen MR) is 124 cm³/mol. The van der Waals surface area contributed by atoms with Gasteiger partial charge in [-0.2, -0.15) is 0 Å². The van der Waals surface area contributed by atoms with E-state index in [4.69, 9.17) is 4.99 Å². The van der Waals surface area contributed by atoms with Crippen molar-refractivity contribution >= 4 is 34.4 Å². The molecule has 0 radical (unpaired) electrons. The van der Waals surface area contributed by atoms with Gasteiger partial charge in [0.2, 0.25) is 5.96 Å². The number of benzene rings is 2. The van der Waals surface area contributed by atoms with Gasteiger partial charge < -0.3 is 4.90 Å². The Bertz CT molecular complexity index is 1200. The van der Waals surface area contributed by atoms with Gasteiger partial charge in [-0.25, -0.2) is 15.0 Å². The number of Topliss-reactive ketones (excluding diaryl/α,β-unsaturated/α-hetero) is 1. The molecule has 150 valence electrons. The van der Waals surface area contributed by atoms with Crippen LogP contribution in [0.1, 0.15) is 34.6 Å². The first-order valence-electron chi connectivity index (χ1n) is 9.88. The van der Waals surface area contributed by atoms with Crippen LogP contribution in [0.25, 0.3) is 16.1 Å². The fourth-order valence-corrected chi connectivity index (χ4v) is 4.32. The van der Waals surface area contributed by atoms with Crippen molar-refractivity contribution < 1.29 is 4.79 Å². The third-order valence-electron chi connectivity index (χ3n) is 4.71. The Labute approximate surface area is 180 Å². The fraction of sp³-hybridized carbons (Fsp3) is 0.167. The second-order valence-corrected chi connectivity index (χ2v) is 7.79. The number of carbonyl (C=O) groups is 1. The molecule has 0 saturated heterocycles. The van der Waals surface area contributed by atoms with Crippen LogP contribution in [0.4, 0.5) is 0 Å². The number of fused-ring (bicyclic) bond motifs is 3. The molecule has 0 atom stereocenters. The van der Waals surface area contributed by atoms with Gasteiger partial charge in [0, 0.05) is 37.0 Å². The van der Waals surface area contributed by atoms with E-state index in [-0.39, 0.29) is 5.78 Å². The maximum Gasteiger partial charge on any atom is 0.226 e. The smallest absolute Gasteiger partial charge is 0.226 e. The number of allylic oxidation sites excluding steroid dienone is 2. The van der Waals surface area contributed by atoms with E-state index in [1.165, 1.54) is 11.3 Å². The summed E-state index contributed by atoms with van der Waals surface area (Å²) in [7, 11) is 3.79. The molecule has 0 spiro atoms. The number of carbonyl (C=O) groups excluding carboxylic acids is 1. The van der Waals surface area contributed by atoms with Crippen molar-refractivity contribution in [2.24, 2.45) is 9.98 Å². The zero-order valence-corrected chi connectivity index (χ0v) is 18.2. The average Bonchev–Trinajstić information content (AvgIpc) is 3.44. The molecule has 2 aliphatic rings. The van der Waals surface area contributed by atoms with Crippen molar-refractivity contribution in [1.29, 1.82) is 0 Å². The molecule has 0 N–H and O–H groups in total. The Morgan fingerprint density at radius 3 is 2.23 bits per heavy atom. The Balaban J connectivity index is 0.00000106. The Hall–Kier alpha value is -3.38. The van der Waals surface area contributed by atoms with Gasteiger partial charge in [-0.3, -0.25) is 4.79 Å². The molecule has 1 aliphatic carbocycles. The number of hydrogen-bond donors (Lipinski definition) is 0. The first-order chi connectivity index (χ1) is 14.6. The van der Waals surface area contributed by atoms with Crippen LogP contribution in [0.5, 0.6) is 0 Å². The lowest BCUT2D eigenvalue weighted by atomic mass is 9.86. The second-order valence-electron chi connectivity index (χ2n) is 6.76. The number of nitrogens with zero attached hydrogens (tertiary/aromatic N) is 4. The molecule has 0 fully saturated rings. The number of thiazole rings is 1. The lowest BCUT2D eigenvalue weighted by Crippen LogP contribution is -2.19. The Kier molecular flexibility index (Phi) is 5.42. The predicted octanol–water partition coefficient (Wildman–Crippen LogP) is 5.16. The summed E-state index contributed by atoms with van der Waals surface area (Å²) in [6.45, 7) is 4.00. The lowest BCUT2D eigenvalue weighted by Gasteiger charge is -2.17. The molecule has 1 aliphatic heterocycles. The molecule has 30 heavy (non-hydrogen) atoms. The van der Waals surface area contributed by atoms with E-state index < -0.39 is 0 Å². The van der Waals surface area contributed by atoms with Gasteiger partial charge in [0.05, 0.1) is 10.5 Å². The summed E-state index contributed by atoms with van der Waals surface area (Å²) in [4.78, 5) is 29.9. The monoisotopic (exact) mass is 414 g/mol. The number of hydrogen-bond acceptors (Lipinski definition) is 6. The van der Waals surface area contributed by atoms with Crippen LogP contribution in [0.2, 0.25) is 0 Å². The van der Waals surface area contributed by atoms with Crippen LogP contribution in [0.15, 0.2) is 76.5 Å². The van der Waals surface area contributed by atoms with E-state index in [0.717, 1.165) is 26.7 Å². The van der Waals surface area contributed by atoms with Gasteiger partial charge in [0.25, 0.3) is 0 Å². The molecule has 3 aromatic rings. The van der Waals surface area contributed by atoms with Crippen molar-refractivity contribution in [1.82, 2.24) is 9.88 Å². The molecule has 2 heterocycles. The first kappa shape index (κ1) is 19.9. The second kappa shape index (κ2) is 8.16. The minimum absolute atomic E-state index is 0.0310. The third-order valence-corrected chi connectivity index (χ3v) is 5.78. The first-order valence-corrected chi connectivity index (χ1v) is 10.7. The van der Waals surface area contributed by atoms with Crippen LogP contribution in [0, 0.1) is 0 Å². The Morgan fingerprint density at radius 2 is 1.53 bits per heavy atom. The SMILES string of the molecule is CC.CN(C)C1=NC2=C(c3cnc(-c4ccccc4)s3)C(=O)c3ccccc3C2=N1. The summed E-state index contributed by atoms with van der Waals surface area (Å²) in [5.41, 5.74) is 4.49.